The molecule has 0 saturated carbocycles. The smallest absolute Gasteiger partial charge is 0.716 e. The molecular formula is C13H12N3NaO4S2. The number of thioether (sulfide) groups is 1. The Bertz CT molecular complexity index is 795. The first-order valence-electron chi connectivity index (χ1n) is 5.98. The van der Waals surface area contributed by atoms with E-state index in [4.69, 9.17) is 5.73 Å². The van der Waals surface area contributed by atoms with E-state index in [0.717, 1.165) is 10.6 Å². The number of nitrogens with two attached hydrogens (primary N) is 1. The molecular weight excluding hydrogens is 349 g/mol. The molecule has 2 rings (SSSR count). The van der Waals surface area contributed by atoms with Crippen molar-refractivity contribution in [2.75, 3.05) is 12.0 Å². The number of rotatable bonds is 5. The summed E-state index contributed by atoms with van der Waals surface area (Å²) >= 11 is 1.46. The minimum absolute atomic E-state index is 0. The van der Waals surface area contributed by atoms with Crippen LogP contribution in [0.5, 0.6) is 5.75 Å². The summed E-state index contributed by atoms with van der Waals surface area (Å²) in [5.74, 6) is 0.152. The minimum atomic E-state index is -4.76. The third-order valence-corrected chi connectivity index (χ3v) is 3.50. The Hall–Kier alpha value is -1.10. The van der Waals surface area contributed by atoms with Gasteiger partial charge in [-0.2, -0.15) is 0 Å². The minimum Gasteiger partial charge on any atom is -0.716 e. The van der Waals surface area contributed by atoms with Gasteiger partial charge in [0, 0.05) is 0 Å². The summed E-state index contributed by atoms with van der Waals surface area (Å²) in [4.78, 5) is 8.13. The van der Waals surface area contributed by atoms with Crippen molar-refractivity contribution in [3.63, 3.8) is 0 Å². The summed E-state index contributed by atoms with van der Waals surface area (Å²) in [6.07, 6.45) is 5.40. The van der Waals surface area contributed by atoms with Crippen LogP contribution in [0.1, 0.15) is 11.3 Å². The van der Waals surface area contributed by atoms with Crippen molar-refractivity contribution in [1.82, 2.24) is 9.97 Å². The van der Waals surface area contributed by atoms with Crippen LogP contribution in [0, 0.1) is 0 Å². The van der Waals surface area contributed by atoms with Gasteiger partial charge in [0.15, 0.2) is 0 Å². The van der Waals surface area contributed by atoms with Crippen LogP contribution >= 0.6 is 11.8 Å². The maximum absolute atomic E-state index is 10.5. The predicted molar refractivity (Wildman–Crippen MR) is 83.9 cm³/mol. The summed E-state index contributed by atoms with van der Waals surface area (Å²) in [7, 11) is -4.76. The van der Waals surface area contributed by atoms with Crippen LogP contribution < -0.4 is 39.5 Å². The van der Waals surface area contributed by atoms with Gasteiger partial charge in [-0.15, -0.1) is 11.8 Å². The molecule has 0 fully saturated rings. The molecule has 0 amide bonds. The van der Waals surface area contributed by atoms with Crippen LogP contribution in [-0.2, 0) is 10.4 Å². The summed E-state index contributed by atoms with van der Waals surface area (Å²) in [6.45, 7) is 0. The average Bonchev–Trinajstić information content (AvgIpc) is 2.44. The number of aromatic nitrogens is 2. The summed E-state index contributed by atoms with van der Waals surface area (Å²) in [5.41, 5.74) is 7.04. The average molecular weight is 361 g/mol. The Kier molecular flexibility index (Phi) is 7.52. The van der Waals surface area contributed by atoms with E-state index < -0.39 is 10.4 Å². The van der Waals surface area contributed by atoms with E-state index in [1.54, 1.807) is 30.4 Å². The molecule has 7 nitrogen and oxygen atoms in total. The van der Waals surface area contributed by atoms with E-state index in [1.165, 1.54) is 23.9 Å². The van der Waals surface area contributed by atoms with Gasteiger partial charge < -0.3 is 14.5 Å². The first-order valence-corrected chi connectivity index (χ1v) is 8.53. The molecule has 0 atom stereocenters. The van der Waals surface area contributed by atoms with E-state index in [0.29, 0.717) is 5.69 Å². The summed E-state index contributed by atoms with van der Waals surface area (Å²) in [6, 6.07) is 7.78. The van der Waals surface area contributed by atoms with E-state index in [2.05, 4.69) is 14.2 Å². The number of nitrogen functional groups attached to an aromatic ring is 1. The Labute approximate surface area is 160 Å². The molecule has 10 heteroatoms. The van der Waals surface area contributed by atoms with Gasteiger partial charge in [-0.25, -0.2) is 18.4 Å². The second-order valence-corrected chi connectivity index (χ2v) is 5.90. The predicted octanol–water partition coefficient (Wildman–Crippen LogP) is -1.21. The molecule has 0 radical (unpaired) electrons. The molecule has 116 valence electrons. The second-order valence-electron chi connectivity index (χ2n) is 4.09. The van der Waals surface area contributed by atoms with Gasteiger partial charge in [-0.3, -0.25) is 0 Å². The van der Waals surface area contributed by atoms with E-state index in [1.807, 2.05) is 6.26 Å². The standard InChI is InChI=1S/C13H13N3O4S2.Na/c1-21-12-8-10(15-13(14)16-12)5-2-9-3-6-11(7-4-9)20-22(17,18)19;/h2-8H,1H3,(H2,14,15,16)(H,17,18,19);/q;+1/p-1/b5-2+;. The first kappa shape index (κ1) is 19.9. The zero-order valence-corrected chi connectivity index (χ0v) is 16.1. The molecule has 0 unspecified atom stereocenters. The van der Waals surface area contributed by atoms with Crippen LogP contribution in [0.4, 0.5) is 5.95 Å². The van der Waals surface area contributed by atoms with Crippen LogP contribution in [0.15, 0.2) is 35.4 Å². The number of hydrogen-bond donors (Lipinski definition) is 1. The largest absolute Gasteiger partial charge is 1.00 e. The monoisotopic (exact) mass is 361 g/mol. The van der Waals surface area contributed by atoms with Gasteiger partial charge in [0.1, 0.15) is 10.8 Å². The first-order chi connectivity index (χ1) is 10.4. The maximum atomic E-state index is 10.5. The molecule has 0 saturated heterocycles. The number of nitrogens with zero attached hydrogens (tertiary/aromatic N) is 2. The van der Waals surface area contributed by atoms with Gasteiger partial charge in [0.2, 0.25) is 5.95 Å². The topological polar surface area (TPSA) is 118 Å². The van der Waals surface area contributed by atoms with E-state index in [-0.39, 0.29) is 41.3 Å². The fourth-order valence-corrected chi connectivity index (χ4v) is 2.36. The fraction of sp³-hybridized carbons (Fsp3) is 0.0769. The van der Waals surface area contributed by atoms with Gasteiger partial charge in [0.05, 0.1) is 5.69 Å². The Morgan fingerprint density at radius 3 is 2.43 bits per heavy atom. The van der Waals surface area contributed by atoms with Gasteiger partial charge in [-0.1, -0.05) is 18.2 Å². The third-order valence-electron chi connectivity index (χ3n) is 2.47. The van der Waals surface area contributed by atoms with Crippen molar-refractivity contribution in [1.29, 1.82) is 0 Å². The molecule has 23 heavy (non-hydrogen) atoms. The maximum Gasteiger partial charge on any atom is 1.00 e. The Balaban J connectivity index is 0.00000264. The van der Waals surface area contributed by atoms with Gasteiger partial charge in [-0.05, 0) is 36.1 Å². The van der Waals surface area contributed by atoms with E-state index in [9.17, 15) is 13.0 Å². The molecule has 0 spiro atoms. The third kappa shape index (κ3) is 6.90. The van der Waals surface area contributed by atoms with Crippen molar-refractivity contribution in [2.24, 2.45) is 0 Å². The Morgan fingerprint density at radius 1 is 1.22 bits per heavy atom. The number of hydrogen-bond acceptors (Lipinski definition) is 8. The molecule has 0 aliphatic heterocycles. The molecule has 1 aromatic heterocycles. The van der Waals surface area contributed by atoms with Crippen molar-refractivity contribution in [2.45, 2.75) is 5.03 Å². The second kappa shape index (κ2) is 8.67. The van der Waals surface area contributed by atoms with Gasteiger partial charge in [0.25, 0.3) is 10.4 Å². The summed E-state index contributed by atoms with van der Waals surface area (Å²) in [5, 5.41) is 0.761. The molecule has 1 heterocycles. The molecule has 0 bridgehead atoms. The molecule has 0 aliphatic rings. The van der Waals surface area contributed by atoms with E-state index >= 15 is 0 Å². The van der Waals surface area contributed by atoms with Crippen molar-refractivity contribution in [3.05, 3.63) is 41.6 Å². The van der Waals surface area contributed by atoms with Crippen LogP contribution in [0.3, 0.4) is 0 Å². The molecule has 1 aromatic carbocycles. The quantitative estimate of drug-likeness (QED) is 0.232. The van der Waals surface area contributed by atoms with Crippen LogP contribution in [-0.4, -0.2) is 29.2 Å². The SMILES string of the molecule is CSc1cc(/C=C/c2ccc(OS(=O)(=O)[O-])cc2)nc(N)n1.[Na+]. The van der Waals surface area contributed by atoms with Crippen molar-refractivity contribution >= 4 is 40.3 Å². The fourth-order valence-electron chi connectivity index (χ4n) is 1.59. The van der Waals surface area contributed by atoms with Crippen LogP contribution in [0.25, 0.3) is 12.2 Å². The molecule has 2 N–H and O–H groups in total. The molecule has 2 aromatic rings. The number of anilines is 1. The zero-order valence-electron chi connectivity index (χ0n) is 12.5. The van der Waals surface area contributed by atoms with Gasteiger partial charge >= 0.3 is 29.6 Å². The van der Waals surface area contributed by atoms with Crippen molar-refractivity contribution in [3.8, 4) is 5.75 Å². The summed E-state index contributed by atoms with van der Waals surface area (Å²) < 4.78 is 35.6. The van der Waals surface area contributed by atoms with Crippen molar-refractivity contribution < 1.29 is 46.7 Å². The molecule has 0 aliphatic carbocycles. The van der Waals surface area contributed by atoms with Crippen LogP contribution in [0.2, 0.25) is 0 Å². The zero-order chi connectivity index (χ0) is 16.2. The Morgan fingerprint density at radius 2 is 1.87 bits per heavy atom. The number of benzene rings is 1. The normalized spacial score (nSPS) is 11.2.